The molecule has 0 aliphatic carbocycles. The molecule has 1 aliphatic heterocycles. The number of carbonyl (C=O) groups excluding carboxylic acids is 2. The van der Waals surface area contributed by atoms with Gasteiger partial charge in [0.15, 0.2) is 0 Å². The highest BCUT2D eigenvalue weighted by Crippen LogP contribution is 2.20. The molecule has 0 bridgehead atoms. The molecule has 0 saturated carbocycles. The summed E-state index contributed by atoms with van der Waals surface area (Å²) in [5, 5.41) is 0. The van der Waals surface area contributed by atoms with E-state index in [1.165, 1.54) is 10.5 Å². The SMILES string of the molecule is CC(C)=CC/C=C(\C)CC(=O)N1C(=O)OC[C@H]1Cc1ccccc1. The fraction of sp³-hybridized carbons (Fsp3) is 0.400. The highest BCUT2D eigenvalue weighted by atomic mass is 16.6. The van der Waals surface area contributed by atoms with E-state index in [-0.39, 0.29) is 25.0 Å². The number of nitrogens with zero attached hydrogens (tertiary/aromatic N) is 1. The van der Waals surface area contributed by atoms with Crippen LogP contribution in [0.4, 0.5) is 4.79 Å². The van der Waals surface area contributed by atoms with Crippen molar-refractivity contribution in [2.75, 3.05) is 6.61 Å². The number of hydrogen-bond donors (Lipinski definition) is 0. The first kappa shape index (κ1) is 18.0. The number of allylic oxidation sites excluding steroid dienone is 3. The van der Waals surface area contributed by atoms with E-state index < -0.39 is 6.09 Å². The predicted molar refractivity (Wildman–Crippen MR) is 94.6 cm³/mol. The summed E-state index contributed by atoms with van der Waals surface area (Å²) >= 11 is 0. The summed E-state index contributed by atoms with van der Waals surface area (Å²) < 4.78 is 5.10. The summed E-state index contributed by atoms with van der Waals surface area (Å²) in [6.07, 6.45) is 5.28. The lowest BCUT2D eigenvalue weighted by Gasteiger charge is -2.19. The molecule has 4 heteroatoms. The van der Waals surface area contributed by atoms with Crippen molar-refractivity contribution in [3.63, 3.8) is 0 Å². The lowest BCUT2D eigenvalue weighted by atomic mass is 10.0. The van der Waals surface area contributed by atoms with Gasteiger partial charge in [-0.1, -0.05) is 53.6 Å². The first-order chi connectivity index (χ1) is 11.5. The molecular weight excluding hydrogens is 302 g/mol. The number of amides is 2. The fourth-order valence-corrected chi connectivity index (χ4v) is 2.69. The maximum Gasteiger partial charge on any atom is 0.416 e. The molecule has 1 aliphatic rings. The minimum absolute atomic E-state index is 0.190. The topological polar surface area (TPSA) is 46.6 Å². The lowest BCUT2D eigenvalue weighted by Crippen LogP contribution is -2.40. The van der Waals surface area contributed by atoms with Crippen molar-refractivity contribution in [2.24, 2.45) is 0 Å². The predicted octanol–water partition coefficient (Wildman–Crippen LogP) is 4.27. The van der Waals surface area contributed by atoms with Gasteiger partial charge >= 0.3 is 6.09 Å². The Hall–Kier alpha value is -2.36. The van der Waals surface area contributed by atoms with Gasteiger partial charge in [-0.25, -0.2) is 9.69 Å². The Morgan fingerprint density at radius 2 is 1.92 bits per heavy atom. The Bertz CT molecular complexity index is 642. The highest BCUT2D eigenvalue weighted by Gasteiger charge is 2.37. The van der Waals surface area contributed by atoms with Gasteiger partial charge in [0, 0.05) is 6.42 Å². The standard InChI is InChI=1S/C20H25NO3/c1-15(2)8-7-9-16(3)12-19(22)21-18(14-24-20(21)23)13-17-10-5-4-6-11-17/h4-6,8-11,18H,7,12-14H2,1-3H3/b16-9+/t18-/m1/s1. The minimum atomic E-state index is -0.530. The van der Waals surface area contributed by atoms with Crippen LogP contribution in [-0.4, -0.2) is 29.5 Å². The second-order valence-electron chi connectivity index (χ2n) is 6.43. The van der Waals surface area contributed by atoms with Crippen LogP contribution < -0.4 is 0 Å². The van der Waals surface area contributed by atoms with Gasteiger partial charge in [0.2, 0.25) is 5.91 Å². The third kappa shape index (κ3) is 5.08. The molecule has 2 rings (SSSR count). The molecule has 1 atom stereocenters. The van der Waals surface area contributed by atoms with Crippen LogP contribution in [0.5, 0.6) is 0 Å². The van der Waals surface area contributed by atoms with E-state index in [0.29, 0.717) is 6.42 Å². The van der Waals surface area contributed by atoms with Gasteiger partial charge in [-0.05, 0) is 39.2 Å². The molecule has 1 saturated heterocycles. The number of carbonyl (C=O) groups is 2. The summed E-state index contributed by atoms with van der Waals surface area (Å²) in [5.41, 5.74) is 3.31. The van der Waals surface area contributed by atoms with Gasteiger partial charge in [-0.3, -0.25) is 4.79 Å². The molecule has 24 heavy (non-hydrogen) atoms. The first-order valence-electron chi connectivity index (χ1n) is 8.29. The number of imide groups is 1. The van der Waals surface area contributed by atoms with Crippen molar-refractivity contribution in [2.45, 2.75) is 46.1 Å². The molecule has 128 valence electrons. The fourth-order valence-electron chi connectivity index (χ4n) is 2.69. The van der Waals surface area contributed by atoms with Gasteiger partial charge in [0.05, 0.1) is 6.04 Å². The normalized spacial score (nSPS) is 17.6. The number of ether oxygens (including phenoxy) is 1. The highest BCUT2D eigenvalue weighted by molar-refractivity contribution is 5.94. The average molecular weight is 327 g/mol. The van der Waals surface area contributed by atoms with E-state index in [9.17, 15) is 9.59 Å². The molecule has 0 unspecified atom stereocenters. The third-order valence-electron chi connectivity index (χ3n) is 3.97. The summed E-state index contributed by atoms with van der Waals surface area (Å²) in [6, 6.07) is 9.62. The Morgan fingerprint density at radius 1 is 1.21 bits per heavy atom. The molecule has 1 aromatic rings. The van der Waals surface area contributed by atoms with E-state index in [4.69, 9.17) is 4.74 Å². The van der Waals surface area contributed by atoms with E-state index in [2.05, 4.69) is 6.08 Å². The summed E-state index contributed by atoms with van der Waals surface area (Å²) in [7, 11) is 0. The Balaban J connectivity index is 2.00. The van der Waals surface area contributed by atoms with Crippen molar-refractivity contribution in [3.05, 3.63) is 59.2 Å². The number of cyclic esters (lactones) is 1. The first-order valence-corrected chi connectivity index (χ1v) is 8.29. The van der Waals surface area contributed by atoms with Crippen molar-refractivity contribution in [1.29, 1.82) is 0 Å². The molecule has 1 heterocycles. The summed E-state index contributed by atoms with van der Waals surface area (Å²) in [5.74, 6) is -0.190. The van der Waals surface area contributed by atoms with Gasteiger partial charge in [0.25, 0.3) is 0 Å². The maximum absolute atomic E-state index is 12.5. The molecule has 0 spiro atoms. The van der Waals surface area contributed by atoms with E-state index >= 15 is 0 Å². The number of hydrogen-bond acceptors (Lipinski definition) is 3. The van der Waals surface area contributed by atoms with Crippen LogP contribution in [0.2, 0.25) is 0 Å². The molecule has 0 N–H and O–H groups in total. The molecule has 1 aromatic carbocycles. The lowest BCUT2D eigenvalue weighted by molar-refractivity contribution is -0.128. The molecule has 2 amide bonds. The molecule has 0 radical (unpaired) electrons. The van der Waals surface area contributed by atoms with Crippen LogP contribution in [-0.2, 0) is 16.0 Å². The molecule has 4 nitrogen and oxygen atoms in total. The molecule has 0 aromatic heterocycles. The zero-order valence-electron chi connectivity index (χ0n) is 14.6. The monoisotopic (exact) mass is 327 g/mol. The van der Waals surface area contributed by atoms with Crippen molar-refractivity contribution in [3.8, 4) is 0 Å². The second-order valence-corrected chi connectivity index (χ2v) is 6.43. The number of rotatable bonds is 6. The van der Waals surface area contributed by atoms with Crippen LogP contribution in [0.1, 0.15) is 39.2 Å². The second kappa shape index (κ2) is 8.48. The van der Waals surface area contributed by atoms with Crippen LogP contribution in [0.3, 0.4) is 0 Å². The Morgan fingerprint density at radius 3 is 2.58 bits per heavy atom. The van der Waals surface area contributed by atoms with Crippen molar-refractivity contribution >= 4 is 12.0 Å². The van der Waals surface area contributed by atoms with Gasteiger partial charge in [-0.15, -0.1) is 0 Å². The van der Waals surface area contributed by atoms with Crippen molar-refractivity contribution in [1.82, 2.24) is 4.90 Å². The van der Waals surface area contributed by atoms with Crippen LogP contribution in [0.15, 0.2) is 53.6 Å². The maximum atomic E-state index is 12.5. The summed E-state index contributed by atoms with van der Waals surface area (Å²) in [6.45, 7) is 6.27. The average Bonchev–Trinajstić information content (AvgIpc) is 2.88. The van der Waals surface area contributed by atoms with Gasteiger partial charge in [0.1, 0.15) is 6.61 Å². The van der Waals surface area contributed by atoms with Crippen LogP contribution in [0.25, 0.3) is 0 Å². The van der Waals surface area contributed by atoms with Crippen molar-refractivity contribution < 1.29 is 14.3 Å². The Labute approximate surface area is 143 Å². The smallest absolute Gasteiger partial charge is 0.416 e. The van der Waals surface area contributed by atoms with E-state index in [1.807, 2.05) is 57.2 Å². The zero-order valence-corrected chi connectivity index (χ0v) is 14.6. The largest absolute Gasteiger partial charge is 0.447 e. The van der Waals surface area contributed by atoms with Gasteiger partial charge < -0.3 is 4.74 Å². The molecular formula is C20H25NO3. The summed E-state index contributed by atoms with van der Waals surface area (Å²) in [4.78, 5) is 25.8. The third-order valence-corrected chi connectivity index (χ3v) is 3.97. The zero-order chi connectivity index (χ0) is 17.5. The van der Waals surface area contributed by atoms with Gasteiger partial charge in [-0.2, -0.15) is 0 Å². The van der Waals surface area contributed by atoms with Crippen LogP contribution in [0, 0.1) is 0 Å². The Kier molecular flexibility index (Phi) is 6.36. The molecule has 1 fully saturated rings. The minimum Gasteiger partial charge on any atom is -0.447 e. The van der Waals surface area contributed by atoms with E-state index in [1.54, 1.807) is 0 Å². The van der Waals surface area contributed by atoms with Crippen LogP contribution >= 0.6 is 0 Å². The quantitative estimate of drug-likeness (QED) is 0.733. The van der Waals surface area contributed by atoms with E-state index in [0.717, 1.165) is 17.6 Å². The number of benzene rings is 1.